The van der Waals surface area contributed by atoms with Crippen molar-refractivity contribution >= 4 is 58.2 Å². The van der Waals surface area contributed by atoms with Crippen molar-refractivity contribution in [3.05, 3.63) is 92.3 Å². The summed E-state index contributed by atoms with van der Waals surface area (Å²) in [4.78, 5) is 39.5. The molecule has 1 saturated heterocycles. The van der Waals surface area contributed by atoms with E-state index in [9.17, 15) is 14.4 Å². The quantitative estimate of drug-likeness (QED) is 0.170. The third kappa shape index (κ3) is 6.28. The topological polar surface area (TPSA) is 82.1 Å². The van der Waals surface area contributed by atoms with Gasteiger partial charge in [0.25, 0.3) is 11.1 Å². The molecule has 1 aliphatic heterocycles. The molecule has 2 amide bonds. The maximum Gasteiger partial charge on any atom is 0.343 e. The van der Waals surface area contributed by atoms with Crippen LogP contribution in [0.4, 0.5) is 4.79 Å². The summed E-state index contributed by atoms with van der Waals surface area (Å²) in [6, 6.07) is 16.4. The molecular formula is C27H21Cl2NO6S. The smallest absolute Gasteiger partial charge is 0.343 e. The van der Waals surface area contributed by atoms with Crippen molar-refractivity contribution in [1.29, 1.82) is 0 Å². The average molecular weight is 558 g/mol. The average Bonchev–Trinajstić information content (AvgIpc) is 3.15. The third-order valence-electron chi connectivity index (χ3n) is 5.29. The molecule has 10 heteroatoms. The first-order valence-corrected chi connectivity index (χ1v) is 12.7. The van der Waals surface area contributed by atoms with Gasteiger partial charge in [0, 0.05) is 0 Å². The fourth-order valence-corrected chi connectivity index (χ4v) is 4.62. The van der Waals surface area contributed by atoms with Gasteiger partial charge in [-0.2, -0.15) is 0 Å². The van der Waals surface area contributed by atoms with Gasteiger partial charge in [-0.3, -0.25) is 14.5 Å². The van der Waals surface area contributed by atoms with Crippen LogP contribution in [-0.2, 0) is 11.3 Å². The number of ether oxygens (including phenoxy) is 3. The maximum atomic E-state index is 12.9. The molecule has 0 N–H and O–H groups in total. The molecule has 7 nitrogen and oxygen atoms in total. The van der Waals surface area contributed by atoms with Gasteiger partial charge in [-0.15, -0.1) is 0 Å². The number of carbonyl (C=O) groups excluding carboxylic acids is 3. The number of thioether (sulfide) groups is 1. The van der Waals surface area contributed by atoms with Crippen LogP contribution < -0.4 is 14.2 Å². The Bertz CT molecular complexity index is 1390. The Balaban J connectivity index is 1.52. The summed E-state index contributed by atoms with van der Waals surface area (Å²) in [5.41, 5.74) is 1.63. The number of esters is 1. The van der Waals surface area contributed by atoms with Gasteiger partial charge in [0.15, 0.2) is 11.5 Å². The van der Waals surface area contributed by atoms with Gasteiger partial charge in [-0.05, 0) is 84.4 Å². The van der Waals surface area contributed by atoms with E-state index in [0.717, 1.165) is 16.7 Å². The van der Waals surface area contributed by atoms with Gasteiger partial charge in [0.05, 0.1) is 40.8 Å². The minimum atomic E-state index is -0.556. The Morgan fingerprint density at radius 3 is 2.41 bits per heavy atom. The van der Waals surface area contributed by atoms with Gasteiger partial charge in [0.1, 0.15) is 5.75 Å². The van der Waals surface area contributed by atoms with Crippen molar-refractivity contribution in [2.75, 3.05) is 13.7 Å². The molecule has 0 bridgehead atoms. The molecule has 3 aromatic rings. The SMILES string of the molecule is CCOc1cc(/C=C2\SC(=O)N(Cc3ccc(Cl)c(Cl)c3)C2=O)ccc1OC(=O)c1ccc(OC)cc1. The molecule has 1 heterocycles. The van der Waals surface area contributed by atoms with Crippen molar-refractivity contribution in [1.82, 2.24) is 4.90 Å². The number of rotatable bonds is 8. The second-order valence-corrected chi connectivity index (χ2v) is 9.58. The van der Waals surface area contributed by atoms with Crippen LogP contribution in [0.15, 0.2) is 65.6 Å². The normalized spacial score (nSPS) is 14.3. The number of benzene rings is 3. The first-order valence-electron chi connectivity index (χ1n) is 11.1. The van der Waals surface area contributed by atoms with E-state index in [4.69, 9.17) is 37.4 Å². The van der Waals surface area contributed by atoms with E-state index in [-0.39, 0.29) is 17.2 Å². The Labute approximate surface area is 227 Å². The summed E-state index contributed by atoms with van der Waals surface area (Å²) in [6.07, 6.45) is 1.59. The third-order valence-corrected chi connectivity index (χ3v) is 6.94. The lowest BCUT2D eigenvalue weighted by Crippen LogP contribution is -2.27. The molecule has 3 aromatic carbocycles. The number of imide groups is 1. The predicted molar refractivity (Wildman–Crippen MR) is 144 cm³/mol. The van der Waals surface area contributed by atoms with Gasteiger partial charge < -0.3 is 14.2 Å². The monoisotopic (exact) mass is 557 g/mol. The summed E-state index contributed by atoms with van der Waals surface area (Å²) in [5.74, 6) is 0.201. The van der Waals surface area contributed by atoms with E-state index >= 15 is 0 Å². The largest absolute Gasteiger partial charge is 0.497 e. The lowest BCUT2D eigenvalue weighted by Gasteiger charge is -2.13. The molecule has 0 radical (unpaired) electrons. The number of carbonyl (C=O) groups is 3. The lowest BCUT2D eigenvalue weighted by atomic mass is 10.1. The molecule has 0 saturated carbocycles. The number of amides is 2. The molecule has 0 spiro atoms. The van der Waals surface area contributed by atoms with E-state index < -0.39 is 17.1 Å². The van der Waals surface area contributed by atoms with Gasteiger partial charge in [-0.25, -0.2) is 4.79 Å². The summed E-state index contributed by atoms with van der Waals surface area (Å²) < 4.78 is 16.3. The number of hydrogen-bond acceptors (Lipinski definition) is 7. The van der Waals surface area contributed by atoms with Gasteiger partial charge >= 0.3 is 5.97 Å². The molecule has 1 fully saturated rings. The zero-order chi connectivity index (χ0) is 26.5. The van der Waals surface area contributed by atoms with Crippen LogP contribution in [0.25, 0.3) is 6.08 Å². The highest BCUT2D eigenvalue weighted by atomic mass is 35.5. The predicted octanol–water partition coefficient (Wildman–Crippen LogP) is 6.86. The first-order chi connectivity index (χ1) is 17.8. The van der Waals surface area contributed by atoms with Gasteiger partial charge in [0.2, 0.25) is 0 Å². The number of halogens is 2. The highest BCUT2D eigenvalue weighted by Gasteiger charge is 2.35. The van der Waals surface area contributed by atoms with Crippen LogP contribution in [-0.4, -0.2) is 35.7 Å². The fraction of sp³-hybridized carbons (Fsp3) is 0.148. The van der Waals surface area contributed by atoms with Crippen LogP contribution >= 0.6 is 35.0 Å². The Morgan fingerprint density at radius 2 is 1.73 bits per heavy atom. The summed E-state index contributed by atoms with van der Waals surface area (Å²) in [6.45, 7) is 2.20. The molecule has 0 aromatic heterocycles. The molecule has 37 heavy (non-hydrogen) atoms. The standard InChI is InChI=1S/C27H21Cl2NO6S/c1-3-35-23-13-16(5-11-22(23)36-26(32)18-6-8-19(34-2)9-7-18)14-24-25(31)30(27(33)37-24)15-17-4-10-20(28)21(29)12-17/h4-14H,3,15H2,1-2H3/b24-14-. The zero-order valence-corrected chi connectivity index (χ0v) is 22.2. The summed E-state index contributed by atoms with van der Waals surface area (Å²) >= 11 is 12.8. The fourth-order valence-electron chi connectivity index (χ4n) is 3.46. The van der Waals surface area contributed by atoms with E-state index in [1.807, 2.05) is 0 Å². The first kappa shape index (κ1) is 26.6. The van der Waals surface area contributed by atoms with Gasteiger partial charge in [-0.1, -0.05) is 35.3 Å². The molecular weight excluding hydrogens is 537 g/mol. The Kier molecular flexibility index (Phi) is 8.43. The minimum Gasteiger partial charge on any atom is -0.497 e. The molecule has 1 aliphatic rings. The Hall–Kier alpha value is -3.46. The summed E-state index contributed by atoms with van der Waals surface area (Å²) in [5, 5.41) is 0.345. The molecule has 0 unspecified atom stereocenters. The van der Waals surface area contributed by atoms with Crippen LogP contribution in [0.3, 0.4) is 0 Å². The van der Waals surface area contributed by atoms with Crippen molar-refractivity contribution in [2.24, 2.45) is 0 Å². The zero-order valence-electron chi connectivity index (χ0n) is 19.8. The maximum absolute atomic E-state index is 12.9. The number of hydrogen-bond donors (Lipinski definition) is 0. The van der Waals surface area contributed by atoms with E-state index in [0.29, 0.717) is 44.8 Å². The van der Waals surface area contributed by atoms with Crippen molar-refractivity contribution < 1.29 is 28.6 Å². The van der Waals surface area contributed by atoms with Crippen LogP contribution in [0.5, 0.6) is 17.2 Å². The van der Waals surface area contributed by atoms with Crippen molar-refractivity contribution in [2.45, 2.75) is 13.5 Å². The van der Waals surface area contributed by atoms with Crippen LogP contribution in [0.2, 0.25) is 10.0 Å². The van der Waals surface area contributed by atoms with E-state index in [2.05, 4.69) is 0 Å². The lowest BCUT2D eigenvalue weighted by molar-refractivity contribution is -0.123. The molecule has 0 atom stereocenters. The van der Waals surface area contributed by atoms with Crippen molar-refractivity contribution in [3.63, 3.8) is 0 Å². The number of methoxy groups -OCH3 is 1. The van der Waals surface area contributed by atoms with E-state index in [1.165, 1.54) is 0 Å². The number of nitrogens with zero attached hydrogens (tertiary/aromatic N) is 1. The highest BCUT2D eigenvalue weighted by Crippen LogP contribution is 2.36. The molecule has 190 valence electrons. The minimum absolute atomic E-state index is 0.0728. The molecule has 4 rings (SSSR count). The van der Waals surface area contributed by atoms with E-state index in [1.54, 1.807) is 80.8 Å². The molecule has 0 aliphatic carbocycles. The Morgan fingerprint density at radius 1 is 0.973 bits per heavy atom. The second-order valence-electron chi connectivity index (χ2n) is 7.77. The van der Waals surface area contributed by atoms with Crippen LogP contribution in [0.1, 0.15) is 28.4 Å². The van der Waals surface area contributed by atoms with Crippen LogP contribution in [0, 0.1) is 0 Å². The summed E-state index contributed by atoms with van der Waals surface area (Å²) in [7, 11) is 1.54. The van der Waals surface area contributed by atoms with Crippen molar-refractivity contribution in [3.8, 4) is 17.2 Å². The highest BCUT2D eigenvalue weighted by molar-refractivity contribution is 8.18. The second kappa shape index (κ2) is 11.7.